The number of phenolic OH excluding ortho intramolecular Hbond substituents is 1. The van der Waals surface area contributed by atoms with Crippen LogP contribution in [0.4, 0.5) is 5.69 Å². The zero-order valence-corrected chi connectivity index (χ0v) is 11.6. The van der Waals surface area contributed by atoms with Crippen LogP contribution in [-0.4, -0.2) is 29.7 Å². The first kappa shape index (κ1) is 12.9. The van der Waals surface area contributed by atoms with Gasteiger partial charge in [-0.05, 0) is 48.4 Å². The number of anilines is 1. The molecule has 4 nitrogen and oxygen atoms in total. The topological polar surface area (TPSA) is 48.4 Å². The molecule has 4 heteroatoms. The van der Waals surface area contributed by atoms with E-state index >= 15 is 0 Å². The average molecular weight is 269 g/mol. The molecule has 20 heavy (non-hydrogen) atoms. The molecule has 1 atom stereocenters. The summed E-state index contributed by atoms with van der Waals surface area (Å²) in [4.78, 5) is 6.48. The molecule has 1 saturated heterocycles. The maximum absolute atomic E-state index is 9.69. The van der Waals surface area contributed by atoms with E-state index in [-0.39, 0.29) is 0 Å². The smallest absolute Gasteiger partial charge is 0.118 e. The van der Waals surface area contributed by atoms with Crippen molar-refractivity contribution in [2.45, 2.75) is 13.0 Å². The van der Waals surface area contributed by atoms with Crippen molar-refractivity contribution in [2.75, 3.05) is 24.5 Å². The van der Waals surface area contributed by atoms with E-state index in [0.29, 0.717) is 11.8 Å². The molecule has 0 saturated carbocycles. The van der Waals surface area contributed by atoms with Crippen LogP contribution in [-0.2, 0) is 0 Å². The standard InChI is InChI=1S/C16H19N3O/c1-12-10-14(2-3-16(12)20)19-9-8-18-11-15(19)13-4-6-17-7-5-13/h2-7,10,15,18,20H,8-9,11H2,1H3. The Labute approximate surface area is 119 Å². The summed E-state index contributed by atoms with van der Waals surface area (Å²) >= 11 is 0. The molecule has 2 N–H and O–H groups in total. The molecule has 0 bridgehead atoms. The van der Waals surface area contributed by atoms with E-state index in [4.69, 9.17) is 0 Å². The van der Waals surface area contributed by atoms with E-state index in [1.165, 1.54) is 5.56 Å². The highest BCUT2D eigenvalue weighted by molar-refractivity contribution is 5.54. The van der Waals surface area contributed by atoms with Crippen molar-refractivity contribution < 1.29 is 5.11 Å². The van der Waals surface area contributed by atoms with Crippen LogP contribution in [0.2, 0.25) is 0 Å². The van der Waals surface area contributed by atoms with Gasteiger partial charge >= 0.3 is 0 Å². The van der Waals surface area contributed by atoms with Gasteiger partial charge in [0.2, 0.25) is 0 Å². The van der Waals surface area contributed by atoms with Crippen LogP contribution in [0.5, 0.6) is 5.75 Å². The lowest BCUT2D eigenvalue weighted by Crippen LogP contribution is -2.46. The SMILES string of the molecule is Cc1cc(N2CCNCC2c2ccncc2)ccc1O. The number of benzene rings is 1. The van der Waals surface area contributed by atoms with Crippen LogP contribution in [0, 0.1) is 6.92 Å². The second-order valence-corrected chi connectivity index (χ2v) is 5.16. The number of aryl methyl sites for hydroxylation is 1. The minimum absolute atomic E-state index is 0.302. The van der Waals surface area contributed by atoms with E-state index in [9.17, 15) is 5.11 Å². The monoisotopic (exact) mass is 269 g/mol. The van der Waals surface area contributed by atoms with Gasteiger partial charge in [-0.15, -0.1) is 0 Å². The molecule has 0 amide bonds. The Bertz CT molecular complexity index is 586. The van der Waals surface area contributed by atoms with Crippen molar-refractivity contribution >= 4 is 5.69 Å². The predicted molar refractivity (Wildman–Crippen MR) is 80.0 cm³/mol. The largest absolute Gasteiger partial charge is 0.508 e. The lowest BCUT2D eigenvalue weighted by molar-refractivity contribution is 0.469. The molecule has 2 aromatic rings. The van der Waals surface area contributed by atoms with E-state index < -0.39 is 0 Å². The summed E-state index contributed by atoms with van der Waals surface area (Å²) < 4.78 is 0. The van der Waals surface area contributed by atoms with Crippen molar-refractivity contribution in [3.05, 3.63) is 53.9 Å². The summed E-state index contributed by atoms with van der Waals surface area (Å²) in [5.41, 5.74) is 3.33. The molecule has 1 aliphatic rings. The van der Waals surface area contributed by atoms with Crippen LogP contribution < -0.4 is 10.2 Å². The highest BCUT2D eigenvalue weighted by atomic mass is 16.3. The molecular weight excluding hydrogens is 250 g/mol. The Morgan fingerprint density at radius 1 is 1.25 bits per heavy atom. The highest BCUT2D eigenvalue weighted by Gasteiger charge is 2.24. The third kappa shape index (κ3) is 2.47. The van der Waals surface area contributed by atoms with Crippen molar-refractivity contribution in [3.63, 3.8) is 0 Å². The van der Waals surface area contributed by atoms with Gasteiger partial charge in [0.15, 0.2) is 0 Å². The first-order valence-electron chi connectivity index (χ1n) is 6.92. The van der Waals surface area contributed by atoms with Crippen molar-refractivity contribution in [2.24, 2.45) is 0 Å². The number of piperazine rings is 1. The van der Waals surface area contributed by atoms with Crippen LogP contribution >= 0.6 is 0 Å². The molecule has 2 heterocycles. The molecular formula is C16H19N3O. The maximum atomic E-state index is 9.69. The van der Waals surface area contributed by atoms with Gasteiger partial charge in [0, 0.05) is 37.7 Å². The number of phenols is 1. The van der Waals surface area contributed by atoms with E-state index in [1.54, 1.807) is 6.07 Å². The Morgan fingerprint density at radius 3 is 2.80 bits per heavy atom. The van der Waals surface area contributed by atoms with Crippen LogP contribution in [0.25, 0.3) is 0 Å². The minimum Gasteiger partial charge on any atom is -0.508 e. The number of pyridine rings is 1. The van der Waals surface area contributed by atoms with E-state index in [1.807, 2.05) is 25.4 Å². The van der Waals surface area contributed by atoms with Gasteiger partial charge in [-0.2, -0.15) is 0 Å². The van der Waals surface area contributed by atoms with Crippen molar-refractivity contribution in [3.8, 4) is 5.75 Å². The first-order chi connectivity index (χ1) is 9.75. The van der Waals surface area contributed by atoms with Gasteiger partial charge in [0.25, 0.3) is 0 Å². The summed E-state index contributed by atoms with van der Waals surface area (Å²) in [6.45, 7) is 4.78. The molecule has 104 valence electrons. The number of hydrogen-bond donors (Lipinski definition) is 2. The summed E-state index contributed by atoms with van der Waals surface area (Å²) in [5.74, 6) is 0.351. The van der Waals surface area contributed by atoms with Gasteiger partial charge < -0.3 is 15.3 Å². The summed E-state index contributed by atoms with van der Waals surface area (Å²) in [6, 6.07) is 10.2. The number of nitrogens with one attached hydrogen (secondary N) is 1. The average Bonchev–Trinajstić information content (AvgIpc) is 2.51. The highest BCUT2D eigenvalue weighted by Crippen LogP contribution is 2.30. The number of aromatic hydroxyl groups is 1. The summed E-state index contributed by atoms with van der Waals surface area (Å²) in [7, 11) is 0. The van der Waals surface area contributed by atoms with Crippen molar-refractivity contribution in [1.82, 2.24) is 10.3 Å². The number of hydrogen-bond acceptors (Lipinski definition) is 4. The molecule has 3 rings (SSSR count). The fourth-order valence-electron chi connectivity index (χ4n) is 2.72. The normalized spacial score (nSPS) is 19.1. The second-order valence-electron chi connectivity index (χ2n) is 5.16. The summed E-state index contributed by atoms with van der Waals surface area (Å²) in [5, 5.41) is 13.1. The molecule has 1 aromatic carbocycles. The van der Waals surface area contributed by atoms with Gasteiger partial charge in [0.05, 0.1) is 6.04 Å². The van der Waals surface area contributed by atoms with Gasteiger partial charge in [0.1, 0.15) is 5.75 Å². The molecule has 0 spiro atoms. The Hall–Kier alpha value is -2.07. The Balaban J connectivity index is 1.94. The van der Waals surface area contributed by atoms with Crippen LogP contribution in [0.1, 0.15) is 17.2 Å². The first-order valence-corrected chi connectivity index (χ1v) is 6.92. The minimum atomic E-state index is 0.302. The van der Waals surface area contributed by atoms with Crippen LogP contribution in [0.15, 0.2) is 42.7 Å². The van der Waals surface area contributed by atoms with Gasteiger partial charge in [-0.1, -0.05) is 0 Å². The fourth-order valence-corrected chi connectivity index (χ4v) is 2.72. The third-order valence-electron chi connectivity index (χ3n) is 3.85. The van der Waals surface area contributed by atoms with E-state index in [2.05, 4.69) is 33.4 Å². The van der Waals surface area contributed by atoms with Crippen molar-refractivity contribution in [1.29, 1.82) is 0 Å². The molecule has 1 unspecified atom stereocenters. The molecule has 0 radical (unpaired) electrons. The van der Waals surface area contributed by atoms with Crippen LogP contribution in [0.3, 0.4) is 0 Å². The zero-order valence-electron chi connectivity index (χ0n) is 11.6. The number of rotatable bonds is 2. The third-order valence-corrected chi connectivity index (χ3v) is 3.85. The fraction of sp³-hybridized carbons (Fsp3) is 0.312. The quantitative estimate of drug-likeness (QED) is 0.878. The van der Waals surface area contributed by atoms with Gasteiger partial charge in [-0.3, -0.25) is 4.98 Å². The Kier molecular flexibility index (Phi) is 3.56. The van der Waals surface area contributed by atoms with Gasteiger partial charge in [-0.25, -0.2) is 0 Å². The number of nitrogens with zero attached hydrogens (tertiary/aromatic N) is 2. The lowest BCUT2D eigenvalue weighted by atomic mass is 10.0. The molecule has 1 aromatic heterocycles. The Morgan fingerprint density at radius 2 is 2.05 bits per heavy atom. The predicted octanol–water partition coefficient (Wildman–Crippen LogP) is 2.25. The lowest BCUT2D eigenvalue weighted by Gasteiger charge is -2.38. The molecule has 1 fully saturated rings. The second kappa shape index (κ2) is 5.51. The maximum Gasteiger partial charge on any atom is 0.118 e. The molecule has 0 aliphatic carbocycles. The zero-order chi connectivity index (χ0) is 13.9. The molecule has 1 aliphatic heterocycles. The van der Waals surface area contributed by atoms with E-state index in [0.717, 1.165) is 30.9 Å². The number of aromatic nitrogens is 1. The summed E-state index contributed by atoms with van der Waals surface area (Å²) in [6.07, 6.45) is 3.67.